The molecule has 170 valence electrons. The minimum atomic E-state index is -0.346. The molecule has 0 radical (unpaired) electrons. The number of methoxy groups -OCH3 is 1. The molecule has 1 unspecified atom stereocenters. The SMILES string of the molecule is CCNC(=NCc1ncccc1F)NCC(c1ccc(OC)cc1)N1CCOCC1.I. The fourth-order valence-corrected chi connectivity index (χ4v) is 3.40. The van der Waals surface area contributed by atoms with Crippen molar-refractivity contribution in [3.8, 4) is 5.75 Å². The molecule has 1 atom stereocenters. The van der Waals surface area contributed by atoms with Crippen LogP contribution in [-0.4, -0.2) is 62.3 Å². The molecule has 0 spiro atoms. The van der Waals surface area contributed by atoms with E-state index in [2.05, 4.69) is 37.6 Å². The van der Waals surface area contributed by atoms with E-state index in [-0.39, 0.29) is 42.4 Å². The first-order valence-corrected chi connectivity index (χ1v) is 10.3. The molecule has 31 heavy (non-hydrogen) atoms. The van der Waals surface area contributed by atoms with E-state index in [4.69, 9.17) is 9.47 Å². The van der Waals surface area contributed by atoms with E-state index in [0.29, 0.717) is 24.7 Å². The molecule has 0 amide bonds. The quantitative estimate of drug-likeness (QED) is 0.303. The van der Waals surface area contributed by atoms with Gasteiger partial charge in [-0.3, -0.25) is 9.88 Å². The molecule has 0 bridgehead atoms. The van der Waals surface area contributed by atoms with Crippen LogP contribution in [0, 0.1) is 5.82 Å². The average molecular weight is 543 g/mol. The predicted molar refractivity (Wildman–Crippen MR) is 131 cm³/mol. The van der Waals surface area contributed by atoms with Gasteiger partial charge >= 0.3 is 0 Å². The molecule has 1 aromatic heterocycles. The second kappa shape index (κ2) is 13.4. The van der Waals surface area contributed by atoms with Gasteiger partial charge in [-0.25, -0.2) is 9.38 Å². The maximum Gasteiger partial charge on any atom is 0.191 e. The molecular weight excluding hydrogens is 512 g/mol. The van der Waals surface area contributed by atoms with Crippen LogP contribution in [0.4, 0.5) is 4.39 Å². The number of guanidine groups is 1. The summed E-state index contributed by atoms with van der Waals surface area (Å²) >= 11 is 0. The average Bonchev–Trinajstić information content (AvgIpc) is 2.79. The molecule has 2 N–H and O–H groups in total. The summed E-state index contributed by atoms with van der Waals surface area (Å²) in [6.45, 7) is 6.72. The number of pyridine rings is 1. The Kier molecular flexibility index (Phi) is 11.0. The van der Waals surface area contributed by atoms with Gasteiger partial charge in [0.25, 0.3) is 0 Å². The van der Waals surface area contributed by atoms with Gasteiger partial charge < -0.3 is 20.1 Å². The number of nitrogens with zero attached hydrogens (tertiary/aromatic N) is 3. The highest BCUT2D eigenvalue weighted by Gasteiger charge is 2.23. The summed E-state index contributed by atoms with van der Waals surface area (Å²) in [5, 5.41) is 6.64. The number of ether oxygens (including phenoxy) is 2. The van der Waals surface area contributed by atoms with Crippen molar-refractivity contribution >= 4 is 29.9 Å². The van der Waals surface area contributed by atoms with Crippen molar-refractivity contribution in [2.24, 2.45) is 4.99 Å². The van der Waals surface area contributed by atoms with Gasteiger partial charge in [0.2, 0.25) is 0 Å². The first-order valence-electron chi connectivity index (χ1n) is 10.3. The summed E-state index contributed by atoms with van der Waals surface area (Å²) in [6.07, 6.45) is 1.58. The molecule has 1 aliphatic heterocycles. The van der Waals surface area contributed by atoms with Crippen molar-refractivity contribution in [2.45, 2.75) is 19.5 Å². The molecule has 7 nitrogen and oxygen atoms in total. The van der Waals surface area contributed by atoms with Crippen molar-refractivity contribution in [3.63, 3.8) is 0 Å². The van der Waals surface area contributed by atoms with E-state index in [9.17, 15) is 4.39 Å². The molecule has 1 aliphatic rings. The number of rotatable bonds is 8. The largest absolute Gasteiger partial charge is 0.497 e. The highest BCUT2D eigenvalue weighted by molar-refractivity contribution is 14.0. The Bertz CT molecular complexity index is 816. The fraction of sp³-hybridized carbons (Fsp3) is 0.455. The van der Waals surface area contributed by atoms with E-state index in [0.717, 1.165) is 32.1 Å². The lowest BCUT2D eigenvalue weighted by Gasteiger charge is -2.35. The van der Waals surface area contributed by atoms with Gasteiger partial charge in [0.15, 0.2) is 5.96 Å². The highest BCUT2D eigenvalue weighted by atomic mass is 127. The summed E-state index contributed by atoms with van der Waals surface area (Å²) in [5.74, 6) is 1.12. The number of hydrogen-bond donors (Lipinski definition) is 2. The van der Waals surface area contributed by atoms with Gasteiger partial charge in [0.1, 0.15) is 11.6 Å². The first kappa shape index (κ1) is 25.3. The minimum absolute atomic E-state index is 0. The number of halogens is 2. The Labute approximate surface area is 200 Å². The highest BCUT2D eigenvalue weighted by Crippen LogP contribution is 2.23. The van der Waals surface area contributed by atoms with Gasteiger partial charge in [0, 0.05) is 32.4 Å². The molecular formula is C22H31FIN5O2. The Morgan fingerprint density at radius 3 is 2.61 bits per heavy atom. The van der Waals surface area contributed by atoms with Crippen LogP contribution in [0.2, 0.25) is 0 Å². The summed E-state index contributed by atoms with van der Waals surface area (Å²) in [7, 11) is 1.67. The van der Waals surface area contributed by atoms with Crippen LogP contribution in [0.3, 0.4) is 0 Å². The lowest BCUT2D eigenvalue weighted by atomic mass is 10.0. The minimum Gasteiger partial charge on any atom is -0.497 e. The first-order chi connectivity index (χ1) is 14.7. The lowest BCUT2D eigenvalue weighted by Crippen LogP contribution is -2.46. The normalized spacial score (nSPS) is 15.6. The van der Waals surface area contributed by atoms with Gasteiger partial charge in [-0.1, -0.05) is 12.1 Å². The van der Waals surface area contributed by atoms with Crippen molar-refractivity contribution in [3.05, 3.63) is 59.7 Å². The van der Waals surface area contributed by atoms with Crippen LogP contribution in [0.25, 0.3) is 0 Å². The van der Waals surface area contributed by atoms with Crippen LogP contribution in [-0.2, 0) is 11.3 Å². The van der Waals surface area contributed by atoms with E-state index in [1.807, 2.05) is 19.1 Å². The number of morpholine rings is 1. The van der Waals surface area contributed by atoms with E-state index < -0.39 is 0 Å². The molecule has 0 saturated carbocycles. The smallest absolute Gasteiger partial charge is 0.191 e. The Hall–Kier alpha value is -1.98. The Morgan fingerprint density at radius 1 is 1.23 bits per heavy atom. The van der Waals surface area contributed by atoms with Crippen molar-refractivity contribution in [2.75, 3.05) is 46.5 Å². The zero-order valence-corrected chi connectivity index (χ0v) is 20.3. The maximum absolute atomic E-state index is 13.9. The van der Waals surface area contributed by atoms with E-state index in [1.54, 1.807) is 19.4 Å². The third-order valence-electron chi connectivity index (χ3n) is 5.02. The van der Waals surface area contributed by atoms with Crippen LogP contribution < -0.4 is 15.4 Å². The second-order valence-electron chi connectivity index (χ2n) is 6.95. The molecule has 1 aromatic carbocycles. The third kappa shape index (κ3) is 7.58. The van der Waals surface area contributed by atoms with Gasteiger partial charge in [-0.05, 0) is 36.8 Å². The van der Waals surface area contributed by atoms with Crippen molar-refractivity contribution in [1.29, 1.82) is 0 Å². The van der Waals surface area contributed by atoms with Crippen LogP contribution >= 0.6 is 24.0 Å². The summed E-state index contributed by atoms with van der Waals surface area (Å²) < 4.78 is 24.7. The van der Waals surface area contributed by atoms with Crippen molar-refractivity contribution in [1.82, 2.24) is 20.5 Å². The van der Waals surface area contributed by atoms with Crippen LogP contribution in [0.15, 0.2) is 47.6 Å². The zero-order valence-electron chi connectivity index (χ0n) is 18.0. The Morgan fingerprint density at radius 2 is 1.97 bits per heavy atom. The standard InChI is InChI=1S/C22H30FN5O2.HI/c1-3-24-22(26-15-20-19(23)5-4-10-25-20)27-16-21(28-11-13-30-14-12-28)17-6-8-18(29-2)9-7-17;/h4-10,21H,3,11-16H2,1-2H3,(H2,24,26,27);1H. The molecule has 2 heterocycles. The summed E-state index contributed by atoms with van der Waals surface area (Å²) in [6, 6.07) is 11.3. The van der Waals surface area contributed by atoms with E-state index in [1.165, 1.54) is 11.6 Å². The molecule has 2 aromatic rings. The second-order valence-corrected chi connectivity index (χ2v) is 6.95. The zero-order chi connectivity index (χ0) is 21.2. The summed E-state index contributed by atoms with van der Waals surface area (Å²) in [5.41, 5.74) is 1.52. The molecule has 0 aliphatic carbocycles. The molecule has 1 fully saturated rings. The lowest BCUT2D eigenvalue weighted by molar-refractivity contribution is 0.0170. The number of benzene rings is 1. The fourth-order valence-electron chi connectivity index (χ4n) is 3.40. The number of aromatic nitrogens is 1. The van der Waals surface area contributed by atoms with E-state index >= 15 is 0 Å². The summed E-state index contributed by atoms with van der Waals surface area (Å²) in [4.78, 5) is 11.0. The maximum atomic E-state index is 13.9. The number of aliphatic imine (C=N–C) groups is 1. The number of nitrogens with one attached hydrogen (secondary N) is 2. The monoisotopic (exact) mass is 543 g/mol. The Balaban J connectivity index is 0.00000341. The third-order valence-corrected chi connectivity index (χ3v) is 5.02. The van der Waals surface area contributed by atoms with Crippen LogP contribution in [0.5, 0.6) is 5.75 Å². The topological polar surface area (TPSA) is 71.0 Å². The van der Waals surface area contributed by atoms with Gasteiger partial charge in [-0.2, -0.15) is 0 Å². The molecule has 3 rings (SSSR count). The van der Waals surface area contributed by atoms with Gasteiger partial charge in [-0.15, -0.1) is 24.0 Å². The molecule has 1 saturated heterocycles. The van der Waals surface area contributed by atoms with Crippen LogP contribution in [0.1, 0.15) is 24.2 Å². The van der Waals surface area contributed by atoms with Crippen molar-refractivity contribution < 1.29 is 13.9 Å². The molecule has 9 heteroatoms. The predicted octanol–water partition coefficient (Wildman–Crippen LogP) is 2.98. The van der Waals surface area contributed by atoms with Gasteiger partial charge in [0.05, 0.1) is 38.6 Å². The number of hydrogen-bond acceptors (Lipinski definition) is 5.